The molecule has 4 amide bonds. The van der Waals surface area contributed by atoms with Gasteiger partial charge in [-0.05, 0) is 122 Å². The molecule has 4 fully saturated rings. The molecule has 14 heteroatoms. The number of fused-ring (bicyclic) bond motifs is 2. The molecule has 8 aliphatic rings. The van der Waals surface area contributed by atoms with E-state index in [1.165, 1.54) is 36.5 Å². The number of likely N-dealkylation sites (tertiary alicyclic amines) is 2. The first-order valence-corrected chi connectivity index (χ1v) is 24.6. The van der Waals surface area contributed by atoms with Crippen molar-refractivity contribution >= 4 is 24.0 Å². The summed E-state index contributed by atoms with van der Waals surface area (Å²) >= 11 is 0. The molecule has 4 bridgehead atoms. The number of H-pyrrole nitrogens is 2. The van der Waals surface area contributed by atoms with Gasteiger partial charge in [-0.2, -0.15) is 0 Å². The topological polar surface area (TPSA) is 175 Å². The number of alkyl carbamates (subject to hydrolysis) is 2. The Kier molecular flexibility index (Phi) is 13.3. The van der Waals surface area contributed by atoms with Crippen LogP contribution in [0.1, 0.15) is 138 Å². The first kappa shape index (κ1) is 45.5. The molecule has 12 rings (SSSR count). The van der Waals surface area contributed by atoms with E-state index in [1.54, 1.807) is 0 Å². The van der Waals surface area contributed by atoms with Crippen molar-refractivity contribution in [3.05, 3.63) is 82.7 Å². The summed E-state index contributed by atoms with van der Waals surface area (Å²) in [5.41, 5.74) is 9.09. The Labute approximate surface area is 388 Å². The van der Waals surface area contributed by atoms with E-state index in [0.717, 1.165) is 124 Å². The Bertz CT molecular complexity index is 2260. The van der Waals surface area contributed by atoms with Crippen LogP contribution in [-0.2, 0) is 44.7 Å². The quantitative estimate of drug-likeness (QED) is 0.122. The Morgan fingerprint density at radius 3 is 1.41 bits per heavy atom. The highest BCUT2D eigenvalue weighted by molar-refractivity contribution is 5.87. The van der Waals surface area contributed by atoms with E-state index in [2.05, 4.69) is 57.0 Å². The van der Waals surface area contributed by atoms with Crippen molar-refractivity contribution in [2.45, 2.75) is 154 Å². The third-order valence-corrected chi connectivity index (χ3v) is 15.6. The third kappa shape index (κ3) is 8.96. The number of aromatic amines is 2. The molecule has 4 N–H and O–H groups in total. The van der Waals surface area contributed by atoms with E-state index in [4.69, 9.17) is 19.4 Å². The van der Waals surface area contributed by atoms with E-state index in [9.17, 15) is 19.2 Å². The average Bonchev–Trinajstić information content (AvgIpc) is 4.15. The Balaban J connectivity index is 0.964. The van der Waals surface area contributed by atoms with E-state index in [1.807, 2.05) is 49.9 Å². The molecule has 352 valence electrons. The first-order valence-electron chi connectivity index (χ1n) is 24.6. The molecule has 2 saturated heterocycles. The van der Waals surface area contributed by atoms with Crippen molar-refractivity contribution in [2.24, 2.45) is 23.7 Å². The van der Waals surface area contributed by atoms with Crippen LogP contribution < -0.4 is 10.6 Å². The van der Waals surface area contributed by atoms with Gasteiger partial charge in [-0.3, -0.25) is 9.59 Å². The lowest BCUT2D eigenvalue weighted by molar-refractivity contribution is -0.139. The number of hydrogen-bond acceptors (Lipinski definition) is 8. The van der Waals surface area contributed by atoms with Crippen LogP contribution in [0.25, 0.3) is 22.5 Å². The fraction of sp³-hybridized carbons (Fsp3) is 0.577. The van der Waals surface area contributed by atoms with Crippen LogP contribution in [0.3, 0.4) is 0 Å². The minimum absolute atomic E-state index is 0.0700. The maximum Gasteiger partial charge on any atom is 0.407 e. The summed E-state index contributed by atoms with van der Waals surface area (Å²) in [4.78, 5) is 75.2. The number of aromatic nitrogens is 4. The van der Waals surface area contributed by atoms with Crippen molar-refractivity contribution in [1.29, 1.82) is 0 Å². The number of hydrogen-bond donors (Lipinski definition) is 4. The van der Waals surface area contributed by atoms with Gasteiger partial charge >= 0.3 is 12.2 Å². The summed E-state index contributed by atoms with van der Waals surface area (Å²) in [5.74, 6) is 2.02. The van der Waals surface area contributed by atoms with Crippen LogP contribution in [0, 0.1) is 23.7 Å². The minimum atomic E-state index is -0.694. The molecule has 66 heavy (non-hydrogen) atoms. The normalized spacial score (nSPS) is 24.6. The van der Waals surface area contributed by atoms with Crippen molar-refractivity contribution in [2.75, 3.05) is 14.2 Å². The Hall–Kier alpha value is -5.66. The maximum atomic E-state index is 14.4. The molecule has 4 unspecified atom stereocenters. The van der Waals surface area contributed by atoms with E-state index in [-0.39, 0.29) is 47.8 Å². The molecule has 4 aromatic rings. The van der Waals surface area contributed by atoms with Crippen molar-refractivity contribution in [3.8, 4) is 22.5 Å². The Morgan fingerprint density at radius 1 is 0.606 bits per heavy atom. The number of carbonyl (C=O) groups is 4. The molecule has 6 aliphatic carbocycles. The van der Waals surface area contributed by atoms with Gasteiger partial charge in [-0.15, -0.1) is 0 Å². The van der Waals surface area contributed by atoms with Crippen molar-refractivity contribution in [1.82, 2.24) is 40.4 Å². The predicted octanol–water partition coefficient (Wildman–Crippen LogP) is 8.78. The maximum absolute atomic E-state index is 14.4. The largest absolute Gasteiger partial charge is 0.453 e. The molecule has 2 aromatic heterocycles. The number of benzene rings is 2. The van der Waals surface area contributed by atoms with Gasteiger partial charge in [0.1, 0.15) is 23.7 Å². The zero-order chi connectivity index (χ0) is 46.2. The van der Waals surface area contributed by atoms with Gasteiger partial charge in [0.05, 0.1) is 50.1 Å². The zero-order valence-corrected chi connectivity index (χ0v) is 39.5. The van der Waals surface area contributed by atoms with E-state index < -0.39 is 24.3 Å². The van der Waals surface area contributed by atoms with Crippen LogP contribution in [-0.4, -0.2) is 92.1 Å². The first-order chi connectivity index (χ1) is 31.9. The lowest BCUT2D eigenvalue weighted by atomic mass is 9.84. The molecule has 4 heterocycles. The fourth-order valence-corrected chi connectivity index (χ4v) is 12.1. The van der Waals surface area contributed by atoms with Crippen LogP contribution in [0.2, 0.25) is 0 Å². The van der Waals surface area contributed by atoms with Gasteiger partial charge in [0.25, 0.3) is 0 Å². The lowest BCUT2D eigenvalue weighted by Gasteiger charge is -2.36. The molecule has 8 atom stereocenters. The highest BCUT2D eigenvalue weighted by Crippen LogP contribution is 2.48. The summed E-state index contributed by atoms with van der Waals surface area (Å²) in [5, 5.41) is 5.66. The number of ether oxygens (including phenoxy) is 2. The second kappa shape index (κ2) is 19.3. The number of nitrogens with zero attached hydrogens (tertiary/aromatic N) is 4. The number of aryl methyl sites for hydroxylation is 4. The van der Waals surface area contributed by atoms with Crippen LogP contribution in [0.15, 0.2) is 48.8 Å². The fourth-order valence-electron chi connectivity index (χ4n) is 12.1. The molecule has 2 aromatic carbocycles. The summed E-state index contributed by atoms with van der Waals surface area (Å²) in [6.45, 7) is 7.84. The molecule has 14 nitrogen and oxygen atoms in total. The zero-order valence-electron chi connectivity index (χ0n) is 39.5. The molecule has 0 radical (unpaired) electrons. The lowest BCUT2D eigenvalue weighted by Crippen LogP contribution is -2.53. The number of rotatable bonds is 10. The van der Waals surface area contributed by atoms with Crippen molar-refractivity contribution in [3.63, 3.8) is 0 Å². The number of amides is 4. The van der Waals surface area contributed by atoms with Gasteiger partial charge in [-0.1, -0.05) is 77.6 Å². The van der Waals surface area contributed by atoms with Crippen molar-refractivity contribution < 1.29 is 28.7 Å². The molecular formula is C52H68N8O6. The van der Waals surface area contributed by atoms with Crippen LogP contribution in [0.5, 0.6) is 0 Å². The summed E-state index contributed by atoms with van der Waals surface area (Å²) in [6, 6.07) is 12.1. The summed E-state index contributed by atoms with van der Waals surface area (Å²) in [6.07, 6.45) is 16.3. The number of nitrogens with one attached hydrogen (secondary N) is 4. The highest BCUT2D eigenvalue weighted by Gasteiger charge is 2.50. The summed E-state index contributed by atoms with van der Waals surface area (Å²) in [7, 11) is 2.66. The minimum Gasteiger partial charge on any atom is -0.453 e. The highest BCUT2D eigenvalue weighted by atomic mass is 16.5. The standard InChI is InChI=1S/C52H68N8O6/c1-29(2)45(57-51(63)65-5)49(61)59-41-13-9-7-11-35(41)25-43(59)47-53-27-39(55-47)37-23-31-15-19-33(37)21-17-32-16-20-34(22-18-31)38(24-32)40-28-54-48(56-40)44-26-36-12-8-10-14-42(36)60(44)50(62)46(30(3)4)58-52(64)66-6/h15-16,19-20,23-24,27-30,35-36,41-46H,7-14,17-18,21-22,25-26H2,1-6H3,(H,53,55)(H,54,56)(H,57,63)(H,58,64)/t35?,36?,41?,42?,43-,44-,45-,46-/m0/s1. The smallest absolute Gasteiger partial charge is 0.407 e. The van der Waals surface area contributed by atoms with Gasteiger partial charge in [-0.25, -0.2) is 19.6 Å². The second-order valence-corrected chi connectivity index (χ2v) is 20.3. The third-order valence-electron chi connectivity index (χ3n) is 15.6. The van der Waals surface area contributed by atoms with Gasteiger partial charge in [0.15, 0.2) is 0 Å². The summed E-state index contributed by atoms with van der Waals surface area (Å²) < 4.78 is 9.84. The Morgan fingerprint density at radius 2 is 1.02 bits per heavy atom. The molecule has 0 spiro atoms. The average molecular weight is 901 g/mol. The monoisotopic (exact) mass is 901 g/mol. The number of carbonyl (C=O) groups excluding carboxylic acids is 4. The predicted molar refractivity (Wildman–Crippen MR) is 251 cm³/mol. The molecule has 2 saturated carbocycles. The number of methoxy groups -OCH3 is 2. The molecular weight excluding hydrogens is 833 g/mol. The van der Waals surface area contributed by atoms with Gasteiger partial charge in [0.2, 0.25) is 11.8 Å². The SMILES string of the molecule is COC(=O)N[C@H](C(=O)N1C2CCCCC2C[C@H]1c1ncc(-c2cc3ccc2CCc2ccc(c(-c4cnc([C@@H]5CC6CCCCC6N5C(=O)[C@@H](NC(=O)OC)C(C)C)[nH]4)c2)CC3)[nH]1)C(C)C. The second-order valence-electron chi connectivity index (χ2n) is 20.3. The number of imidazole rings is 2. The van der Waals surface area contributed by atoms with Crippen LogP contribution >= 0.6 is 0 Å². The van der Waals surface area contributed by atoms with E-state index >= 15 is 0 Å². The van der Waals surface area contributed by atoms with Crippen LogP contribution in [0.4, 0.5) is 9.59 Å². The van der Waals surface area contributed by atoms with Gasteiger partial charge < -0.3 is 39.9 Å². The molecule has 2 aliphatic heterocycles. The van der Waals surface area contributed by atoms with E-state index in [0.29, 0.717) is 11.8 Å². The van der Waals surface area contributed by atoms with Gasteiger partial charge in [0, 0.05) is 23.2 Å².